The van der Waals surface area contributed by atoms with Crippen LogP contribution >= 0.6 is 11.6 Å². The lowest BCUT2D eigenvalue weighted by atomic mass is 10.1. The highest BCUT2D eigenvalue weighted by Gasteiger charge is 2.19. The van der Waals surface area contributed by atoms with Crippen LogP contribution < -0.4 is 5.32 Å². The van der Waals surface area contributed by atoms with E-state index in [1.165, 1.54) is 0 Å². The van der Waals surface area contributed by atoms with Crippen molar-refractivity contribution < 1.29 is 9.90 Å². The van der Waals surface area contributed by atoms with E-state index in [9.17, 15) is 9.90 Å². The fourth-order valence-electron chi connectivity index (χ4n) is 1.84. The number of halogens is 1. The maximum atomic E-state index is 11.4. The SMILES string of the molecule is Cc1cccc(N[C@@H](C(=O)O)c2ccc(Cl)cc2)c1. The molecule has 4 heteroatoms. The highest BCUT2D eigenvalue weighted by atomic mass is 35.5. The zero-order valence-electron chi connectivity index (χ0n) is 10.4. The number of nitrogens with one attached hydrogen (secondary N) is 1. The number of anilines is 1. The molecule has 2 rings (SSSR count). The second kappa shape index (κ2) is 5.76. The Bertz CT molecular complexity index is 581. The van der Waals surface area contributed by atoms with E-state index in [0.717, 1.165) is 11.3 Å². The van der Waals surface area contributed by atoms with E-state index < -0.39 is 12.0 Å². The van der Waals surface area contributed by atoms with Gasteiger partial charge in [-0.3, -0.25) is 0 Å². The second-order valence-corrected chi connectivity index (χ2v) is 4.77. The van der Waals surface area contributed by atoms with Gasteiger partial charge in [0.25, 0.3) is 0 Å². The first-order chi connectivity index (χ1) is 9.06. The van der Waals surface area contributed by atoms with Gasteiger partial charge in [-0.2, -0.15) is 0 Å². The molecule has 3 nitrogen and oxygen atoms in total. The van der Waals surface area contributed by atoms with Crippen LogP contribution in [0.5, 0.6) is 0 Å². The van der Waals surface area contributed by atoms with Crippen molar-refractivity contribution in [1.82, 2.24) is 0 Å². The van der Waals surface area contributed by atoms with Crippen LogP contribution in [0.1, 0.15) is 17.2 Å². The van der Waals surface area contributed by atoms with Gasteiger partial charge in [0.2, 0.25) is 0 Å². The van der Waals surface area contributed by atoms with Crippen molar-refractivity contribution in [3.05, 3.63) is 64.7 Å². The van der Waals surface area contributed by atoms with Crippen LogP contribution in [0.25, 0.3) is 0 Å². The van der Waals surface area contributed by atoms with Crippen molar-refractivity contribution in [2.75, 3.05) is 5.32 Å². The first-order valence-corrected chi connectivity index (χ1v) is 6.25. The van der Waals surface area contributed by atoms with Crippen LogP contribution in [0.3, 0.4) is 0 Å². The minimum absolute atomic E-state index is 0.587. The summed E-state index contributed by atoms with van der Waals surface area (Å²) in [5.74, 6) is -0.927. The van der Waals surface area contributed by atoms with Gasteiger partial charge in [-0.15, -0.1) is 0 Å². The molecule has 0 unspecified atom stereocenters. The Morgan fingerprint density at radius 3 is 2.47 bits per heavy atom. The molecule has 0 heterocycles. The number of hydrogen-bond donors (Lipinski definition) is 2. The average Bonchev–Trinajstić information content (AvgIpc) is 2.37. The molecule has 0 fully saturated rings. The van der Waals surface area contributed by atoms with Crippen LogP contribution in [-0.2, 0) is 4.79 Å². The monoisotopic (exact) mass is 275 g/mol. The number of carbonyl (C=O) groups is 1. The summed E-state index contributed by atoms with van der Waals surface area (Å²) in [6.45, 7) is 1.96. The number of carboxylic acid groups (broad SMARTS) is 1. The van der Waals surface area contributed by atoms with Crippen molar-refractivity contribution in [2.24, 2.45) is 0 Å². The largest absolute Gasteiger partial charge is 0.479 e. The summed E-state index contributed by atoms with van der Waals surface area (Å²) in [7, 11) is 0. The molecule has 2 aromatic rings. The molecule has 0 aliphatic rings. The maximum absolute atomic E-state index is 11.4. The number of rotatable bonds is 4. The molecule has 0 aliphatic heterocycles. The van der Waals surface area contributed by atoms with Gasteiger partial charge in [-0.1, -0.05) is 35.9 Å². The molecule has 0 spiro atoms. The van der Waals surface area contributed by atoms with E-state index in [-0.39, 0.29) is 0 Å². The summed E-state index contributed by atoms with van der Waals surface area (Å²) in [5.41, 5.74) is 2.52. The predicted octanol–water partition coefficient (Wildman–Crippen LogP) is 3.89. The summed E-state index contributed by atoms with van der Waals surface area (Å²) in [5, 5.41) is 12.9. The molecule has 0 amide bonds. The number of aryl methyl sites for hydroxylation is 1. The predicted molar refractivity (Wildman–Crippen MR) is 76.6 cm³/mol. The third kappa shape index (κ3) is 3.48. The standard InChI is InChI=1S/C15H14ClNO2/c1-10-3-2-4-13(9-10)17-14(15(18)19)11-5-7-12(16)8-6-11/h2-9,14,17H,1H3,(H,18,19)/t14-/m1/s1. The third-order valence-corrected chi connectivity index (χ3v) is 3.03. The molecule has 0 bridgehead atoms. The molecule has 0 radical (unpaired) electrons. The maximum Gasteiger partial charge on any atom is 0.330 e. The molecule has 19 heavy (non-hydrogen) atoms. The van der Waals surface area contributed by atoms with Crippen molar-refractivity contribution >= 4 is 23.3 Å². The molecular formula is C15H14ClNO2. The molecule has 2 aromatic carbocycles. The summed E-state index contributed by atoms with van der Waals surface area (Å²) in [6.07, 6.45) is 0. The summed E-state index contributed by atoms with van der Waals surface area (Å²) in [6, 6.07) is 13.6. The lowest BCUT2D eigenvalue weighted by Gasteiger charge is -2.16. The molecular weight excluding hydrogens is 262 g/mol. The Kier molecular flexibility index (Phi) is 4.07. The third-order valence-electron chi connectivity index (χ3n) is 2.78. The molecule has 0 saturated carbocycles. The lowest BCUT2D eigenvalue weighted by molar-refractivity contribution is -0.138. The molecule has 0 saturated heterocycles. The van der Waals surface area contributed by atoms with E-state index in [1.807, 2.05) is 31.2 Å². The van der Waals surface area contributed by atoms with Crippen LogP contribution in [0.4, 0.5) is 5.69 Å². The van der Waals surface area contributed by atoms with Gasteiger partial charge in [-0.05, 0) is 42.3 Å². The first kappa shape index (κ1) is 13.4. The minimum atomic E-state index is -0.927. The van der Waals surface area contributed by atoms with Gasteiger partial charge >= 0.3 is 5.97 Å². The van der Waals surface area contributed by atoms with Gasteiger partial charge in [0.15, 0.2) is 6.04 Å². The smallest absolute Gasteiger partial charge is 0.330 e. The Hall–Kier alpha value is -2.00. The van der Waals surface area contributed by atoms with Crippen molar-refractivity contribution in [3.63, 3.8) is 0 Å². The van der Waals surface area contributed by atoms with Crippen molar-refractivity contribution in [2.45, 2.75) is 13.0 Å². The average molecular weight is 276 g/mol. The van der Waals surface area contributed by atoms with Crippen molar-refractivity contribution in [3.8, 4) is 0 Å². The first-order valence-electron chi connectivity index (χ1n) is 5.88. The topological polar surface area (TPSA) is 49.3 Å². The quantitative estimate of drug-likeness (QED) is 0.890. The summed E-state index contributed by atoms with van der Waals surface area (Å²) < 4.78 is 0. The van der Waals surface area contributed by atoms with Crippen LogP contribution in [0.15, 0.2) is 48.5 Å². The fraction of sp³-hybridized carbons (Fsp3) is 0.133. The number of aliphatic carboxylic acids is 1. The summed E-state index contributed by atoms with van der Waals surface area (Å²) in [4.78, 5) is 11.4. The Balaban J connectivity index is 2.26. The van der Waals surface area contributed by atoms with Crippen LogP contribution in [0.2, 0.25) is 5.02 Å². The van der Waals surface area contributed by atoms with E-state index in [4.69, 9.17) is 11.6 Å². The lowest BCUT2D eigenvalue weighted by Crippen LogP contribution is -2.20. The molecule has 1 atom stereocenters. The summed E-state index contributed by atoms with van der Waals surface area (Å²) >= 11 is 5.81. The molecule has 0 aromatic heterocycles. The van der Waals surface area contributed by atoms with Gasteiger partial charge in [0.05, 0.1) is 0 Å². The van der Waals surface area contributed by atoms with Crippen LogP contribution in [-0.4, -0.2) is 11.1 Å². The molecule has 2 N–H and O–H groups in total. The number of hydrogen-bond acceptors (Lipinski definition) is 2. The zero-order valence-corrected chi connectivity index (χ0v) is 11.2. The highest BCUT2D eigenvalue weighted by molar-refractivity contribution is 6.30. The molecule has 0 aliphatic carbocycles. The Morgan fingerprint density at radius 2 is 1.89 bits per heavy atom. The van der Waals surface area contributed by atoms with Gasteiger partial charge in [0, 0.05) is 10.7 Å². The number of benzene rings is 2. The Labute approximate surface area is 116 Å². The minimum Gasteiger partial charge on any atom is -0.479 e. The zero-order chi connectivity index (χ0) is 13.8. The second-order valence-electron chi connectivity index (χ2n) is 4.34. The van der Waals surface area contributed by atoms with E-state index in [2.05, 4.69) is 5.32 Å². The van der Waals surface area contributed by atoms with Gasteiger partial charge in [-0.25, -0.2) is 4.79 Å². The highest BCUT2D eigenvalue weighted by Crippen LogP contribution is 2.22. The fourth-order valence-corrected chi connectivity index (χ4v) is 1.97. The van der Waals surface area contributed by atoms with Crippen LogP contribution in [0, 0.1) is 6.92 Å². The number of carboxylic acids is 1. The molecule has 98 valence electrons. The van der Waals surface area contributed by atoms with Gasteiger partial charge < -0.3 is 10.4 Å². The Morgan fingerprint density at radius 1 is 1.21 bits per heavy atom. The van der Waals surface area contributed by atoms with E-state index in [0.29, 0.717) is 10.6 Å². The van der Waals surface area contributed by atoms with Gasteiger partial charge in [0.1, 0.15) is 0 Å². The van der Waals surface area contributed by atoms with Crippen molar-refractivity contribution in [1.29, 1.82) is 0 Å². The van der Waals surface area contributed by atoms with E-state index >= 15 is 0 Å². The normalized spacial score (nSPS) is 11.9. The van der Waals surface area contributed by atoms with E-state index in [1.54, 1.807) is 24.3 Å².